The number of methoxy groups -OCH3 is 1. The minimum Gasteiger partial charge on any atom is -0.383 e. The number of halogens is 1. The summed E-state index contributed by atoms with van der Waals surface area (Å²) in [5.74, 6) is 0.0604. The van der Waals surface area contributed by atoms with E-state index in [-0.39, 0.29) is 5.91 Å². The molecule has 1 aromatic carbocycles. The molecule has 0 aliphatic rings. The van der Waals surface area contributed by atoms with Gasteiger partial charge in [-0.2, -0.15) is 0 Å². The Balaban J connectivity index is 2.76. The summed E-state index contributed by atoms with van der Waals surface area (Å²) in [6.45, 7) is 3.86. The average molecular weight is 300 g/mol. The zero-order chi connectivity index (χ0) is 12.7. The van der Waals surface area contributed by atoms with Gasteiger partial charge in [-0.05, 0) is 19.1 Å². The van der Waals surface area contributed by atoms with Gasteiger partial charge in [0.1, 0.15) is 0 Å². The highest BCUT2D eigenvalue weighted by Gasteiger charge is 2.14. The van der Waals surface area contributed by atoms with Crippen LogP contribution in [0.1, 0.15) is 15.9 Å². The van der Waals surface area contributed by atoms with Crippen LogP contribution in [0.25, 0.3) is 0 Å². The van der Waals surface area contributed by atoms with Gasteiger partial charge in [-0.15, -0.1) is 0 Å². The maximum absolute atomic E-state index is 12.2. The molecule has 0 aliphatic carbocycles. The van der Waals surface area contributed by atoms with Crippen molar-refractivity contribution >= 4 is 21.8 Å². The summed E-state index contributed by atoms with van der Waals surface area (Å²) in [6.07, 6.45) is 0. The minimum atomic E-state index is 0.0604. The van der Waals surface area contributed by atoms with E-state index in [1.807, 2.05) is 31.2 Å². The molecule has 0 unspecified atom stereocenters. The van der Waals surface area contributed by atoms with Crippen molar-refractivity contribution < 1.29 is 9.53 Å². The fraction of sp³-hybridized carbons (Fsp3) is 0.462. The molecule has 0 N–H and O–H groups in total. The summed E-state index contributed by atoms with van der Waals surface area (Å²) in [6, 6.07) is 7.66. The van der Waals surface area contributed by atoms with E-state index in [0.29, 0.717) is 19.7 Å². The van der Waals surface area contributed by atoms with Crippen LogP contribution in [-0.4, -0.2) is 42.9 Å². The molecule has 3 nitrogen and oxygen atoms in total. The van der Waals surface area contributed by atoms with Crippen molar-refractivity contribution in [3.63, 3.8) is 0 Å². The van der Waals surface area contributed by atoms with E-state index in [0.717, 1.165) is 16.5 Å². The zero-order valence-corrected chi connectivity index (χ0v) is 11.9. The van der Waals surface area contributed by atoms with Gasteiger partial charge in [0.2, 0.25) is 0 Å². The lowest BCUT2D eigenvalue weighted by molar-refractivity contribution is 0.0709. The fourth-order valence-corrected chi connectivity index (χ4v) is 2.01. The first kappa shape index (κ1) is 14.2. The number of carbonyl (C=O) groups is 1. The summed E-state index contributed by atoms with van der Waals surface area (Å²) in [5, 5.41) is 0.772. The lowest BCUT2D eigenvalue weighted by Crippen LogP contribution is -2.35. The van der Waals surface area contributed by atoms with Crippen molar-refractivity contribution in [3.8, 4) is 0 Å². The molecule has 1 aromatic rings. The second-order valence-electron chi connectivity index (χ2n) is 3.84. The molecule has 0 aliphatic heterocycles. The van der Waals surface area contributed by atoms with E-state index in [4.69, 9.17) is 4.74 Å². The summed E-state index contributed by atoms with van der Waals surface area (Å²) in [7, 11) is 1.64. The molecule has 0 bridgehead atoms. The Morgan fingerprint density at radius 3 is 2.76 bits per heavy atom. The van der Waals surface area contributed by atoms with Gasteiger partial charge >= 0.3 is 0 Å². The molecule has 0 heterocycles. The lowest BCUT2D eigenvalue weighted by atomic mass is 10.1. The van der Waals surface area contributed by atoms with Crippen LogP contribution in [0.5, 0.6) is 0 Å². The summed E-state index contributed by atoms with van der Waals surface area (Å²) in [4.78, 5) is 14.0. The number of alkyl halides is 1. The number of ether oxygens (including phenoxy) is 1. The number of rotatable bonds is 6. The Morgan fingerprint density at radius 2 is 2.18 bits per heavy atom. The molecule has 4 heteroatoms. The van der Waals surface area contributed by atoms with Crippen LogP contribution in [0.2, 0.25) is 0 Å². The third kappa shape index (κ3) is 4.48. The van der Waals surface area contributed by atoms with Crippen molar-refractivity contribution in [1.29, 1.82) is 0 Å². The maximum atomic E-state index is 12.2. The Morgan fingerprint density at radius 1 is 1.41 bits per heavy atom. The number of nitrogens with zero attached hydrogens (tertiary/aromatic N) is 1. The highest BCUT2D eigenvalue weighted by molar-refractivity contribution is 9.09. The molecular weight excluding hydrogens is 282 g/mol. The molecule has 0 fully saturated rings. The summed E-state index contributed by atoms with van der Waals surface area (Å²) >= 11 is 3.36. The first-order valence-electron chi connectivity index (χ1n) is 5.60. The molecule has 0 spiro atoms. The molecule has 0 aromatic heterocycles. The predicted molar refractivity (Wildman–Crippen MR) is 72.8 cm³/mol. The van der Waals surface area contributed by atoms with E-state index in [9.17, 15) is 4.79 Å². The molecule has 1 amide bonds. The Hall–Kier alpha value is -0.870. The number of carbonyl (C=O) groups excluding carboxylic acids is 1. The highest BCUT2D eigenvalue weighted by atomic mass is 79.9. The van der Waals surface area contributed by atoms with Gasteiger partial charge in [0, 0.05) is 31.1 Å². The average Bonchev–Trinajstić information content (AvgIpc) is 2.33. The summed E-state index contributed by atoms with van der Waals surface area (Å²) < 4.78 is 5.02. The normalized spacial score (nSPS) is 10.3. The van der Waals surface area contributed by atoms with Gasteiger partial charge in [-0.1, -0.05) is 33.6 Å². The van der Waals surface area contributed by atoms with Crippen LogP contribution < -0.4 is 0 Å². The van der Waals surface area contributed by atoms with Crippen LogP contribution in [-0.2, 0) is 4.74 Å². The van der Waals surface area contributed by atoms with E-state index >= 15 is 0 Å². The van der Waals surface area contributed by atoms with E-state index in [1.165, 1.54) is 0 Å². The van der Waals surface area contributed by atoms with Crippen molar-refractivity contribution in [2.24, 2.45) is 0 Å². The molecule has 0 saturated carbocycles. The number of aryl methyl sites for hydroxylation is 1. The SMILES string of the molecule is COCCN(CCBr)C(=O)c1cccc(C)c1. The quantitative estimate of drug-likeness (QED) is 0.755. The van der Waals surface area contributed by atoms with Crippen LogP contribution in [0.4, 0.5) is 0 Å². The van der Waals surface area contributed by atoms with Gasteiger partial charge in [0.05, 0.1) is 6.61 Å². The van der Waals surface area contributed by atoms with Gasteiger partial charge in [-0.3, -0.25) is 4.79 Å². The largest absolute Gasteiger partial charge is 0.383 e. The first-order chi connectivity index (χ1) is 8.19. The Labute approximate surface area is 111 Å². The smallest absolute Gasteiger partial charge is 0.253 e. The Kier molecular flexibility index (Phi) is 6.22. The second-order valence-corrected chi connectivity index (χ2v) is 4.64. The van der Waals surface area contributed by atoms with Crippen molar-refractivity contribution in [2.45, 2.75) is 6.92 Å². The molecule has 0 radical (unpaired) electrons. The van der Waals surface area contributed by atoms with Crippen LogP contribution in [0, 0.1) is 6.92 Å². The van der Waals surface area contributed by atoms with Crippen LogP contribution in [0.15, 0.2) is 24.3 Å². The topological polar surface area (TPSA) is 29.5 Å². The highest BCUT2D eigenvalue weighted by Crippen LogP contribution is 2.08. The van der Waals surface area contributed by atoms with E-state index in [2.05, 4.69) is 15.9 Å². The minimum absolute atomic E-state index is 0.0604. The molecular formula is C13H18BrNO2. The molecule has 1 rings (SSSR count). The lowest BCUT2D eigenvalue weighted by Gasteiger charge is -2.21. The van der Waals surface area contributed by atoms with E-state index in [1.54, 1.807) is 12.0 Å². The fourth-order valence-electron chi connectivity index (χ4n) is 1.58. The number of amides is 1. The molecule has 0 saturated heterocycles. The molecule has 0 atom stereocenters. The standard InChI is InChI=1S/C13H18BrNO2/c1-11-4-3-5-12(10-11)13(16)15(7-6-14)8-9-17-2/h3-5,10H,6-9H2,1-2H3. The number of hydrogen-bond donors (Lipinski definition) is 0. The second kappa shape index (κ2) is 7.45. The van der Waals surface area contributed by atoms with Crippen molar-refractivity contribution in [2.75, 3.05) is 32.1 Å². The first-order valence-corrected chi connectivity index (χ1v) is 6.72. The van der Waals surface area contributed by atoms with Crippen molar-refractivity contribution in [3.05, 3.63) is 35.4 Å². The maximum Gasteiger partial charge on any atom is 0.253 e. The van der Waals surface area contributed by atoms with Crippen LogP contribution in [0.3, 0.4) is 0 Å². The molecule has 94 valence electrons. The zero-order valence-electron chi connectivity index (χ0n) is 10.3. The third-order valence-electron chi connectivity index (χ3n) is 2.47. The monoisotopic (exact) mass is 299 g/mol. The number of hydrogen-bond acceptors (Lipinski definition) is 2. The van der Waals surface area contributed by atoms with Gasteiger partial charge in [0.25, 0.3) is 5.91 Å². The van der Waals surface area contributed by atoms with Gasteiger partial charge in [-0.25, -0.2) is 0 Å². The van der Waals surface area contributed by atoms with E-state index < -0.39 is 0 Å². The Bertz CT molecular complexity index is 368. The number of benzene rings is 1. The molecule has 17 heavy (non-hydrogen) atoms. The predicted octanol–water partition coefficient (Wildman–Crippen LogP) is 2.48. The van der Waals surface area contributed by atoms with Crippen molar-refractivity contribution in [1.82, 2.24) is 4.90 Å². The van der Waals surface area contributed by atoms with Crippen LogP contribution >= 0.6 is 15.9 Å². The summed E-state index contributed by atoms with van der Waals surface area (Å²) in [5.41, 5.74) is 1.84. The third-order valence-corrected chi connectivity index (χ3v) is 2.83. The van der Waals surface area contributed by atoms with Gasteiger partial charge in [0.15, 0.2) is 0 Å². The van der Waals surface area contributed by atoms with Gasteiger partial charge < -0.3 is 9.64 Å².